The zero-order valence-corrected chi connectivity index (χ0v) is 15.2. The molecular formula is C20H21N3OS. The zero-order chi connectivity index (χ0) is 17.6. The molecule has 4 nitrogen and oxygen atoms in total. The highest BCUT2D eigenvalue weighted by Crippen LogP contribution is 2.30. The van der Waals surface area contributed by atoms with Crippen LogP contribution in [0.3, 0.4) is 0 Å². The van der Waals surface area contributed by atoms with E-state index in [1.165, 1.54) is 11.3 Å². The molecule has 128 valence electrons. The summed E-state index contributed by atoms with van der Waals surface area (Å²) in [6.45, 7) is 4.22. The van der Waals surface area contributed by atoms with Gasteiger partial charge in [-0.25, -0.2) is 4.98 Å². The van der Waals surface area contributed by atoms with Crippen LogP contribution in [0.1, 0.15) is 31.7 Å². The van der Waals surface area contributed by atoms with Gasteiger partial charge in [-0.3, -0.25) is 9.78 Å². The Morgan fingerprint density at radius 3 is 2.56 bits per heavy atom. The third kappa shape index (κ3) is 4.12. The van der Waals surface area contributed by atoms with Crippen LogP contribution in [0.15, 0.2) is 60.1 Å². The fourth-order valence-corrected chi connectivity index (χ4v) is 3.49. The molecular weight excluding hydrogens is 330 g/mol. The summed E-state index contributed by atoms with van der Waals surface area (Å²) in [5, 5.41) is 5.51. The lowest BCUT2D eigenvalue weighted by molar-refractivity contribution is -0.118. The average molecular weight is 351 g/mol. The highest BCUT2D eigenvalue weighted by atomic mass is 32.1. The van der Waals surface area contributed by atoms with Crippen LogP contribution in [-0.2, 0) is 4.79 Å². The first-order valence-corrected chi connectivity index (χ1v) is 9.29. The summed E-state index contributed by atoms with van der Waals surface area (Å²) >= 11 is 1.42. The molecule has 3 aromatic rings. The Morgan fingerprint density at radius 2 is 1.88 bits per heavy atom. The van der Waals surface area contributed by atoms with Gasteiger partial charge in [-0.1, -0.05) is 56.7 Å². The van der Waals surface area contributed by atoms with Gasteiger partial charge in [-0.15, -0.1) is 11.3 Å². The van der Waals surface area contributed by atoms with Crippen molar-refractivity contribution in [2.75, 3.05) is 5.32 Å². The third-order valence-electron chi connectivity index (χ3n) is 4.32. The minimum Gasteiger partial charge on any atom is -0.301 e. The molecule has 2 heterocycles. The molecule has 1 amide bonds. The number of carbonyl (C=O) groups excluding carboxylic acids is 1. The molecule has 2 atom stereocenters. The summed E-state index contributed by atoms with van der Waals surface area (Å²) in [6.07, 6.45) is 2.67. The lowest BCUT2D eigenvalue weighted by Crippen LogP contribution is -2.26. The molecule has 0 aliphatic rings. The number of nitrogens with one attached hydrogen (secondary N) is 1. The van der Waals surface area contributed by atoms with E-state index in [-0.39, 0.29) is 17.7 Å². The van der Waals surface area contributed by atoms with Gasteiger partial charge in [0.15, 0.2) is 5.13 Å². The minimum absolute atomic E-state index is 0.0116. The highest BCUT2D eigenvalue weighted by Gasteiger charge is 2.26. The topological polar surface area (TPSA) is 54.9 Å². The van der Waals surface area contributed by atoms with Crippen molar-refractivity contribution in [3.63, 3.8) is 0 Å². The lowest BCUT2D eigenvalue weighted by Gasteiger charge is -2.22. The van der Waals surface area contributed by atoms with E-state index in [0.717, 1.165) is 23.4 Å². The maximum Gasteiger partial charge on any atom is 0.233 e. The van der Waals surface area contributed by atoms with E-state index in [9.17, 15) is 4.79 Å². The molecule has 1 N–H and O–H groups in total. The number of thiazole rings is 1. The van der Waals surface area contributed by atoms with Crippen molar-refractivity contribution in [1.29, 1.82) is 0 Å². The summed E-state index contributed by atoms with van der Waals surface area (Å²) in [4.78, 5) is 21.7. The second-order valence-corrected chi connectivity index (χ2v) is 6.87. The first-order chi connectivity index (χ1) is 12.2. The van der Waals surface area contributed by atoms with E-state index < -0.39 is 0 Å². The number of rotatable bonds is 6. The number of hydrogen-bond donors (Lipinski definition) is 1. The predicted molar refractivity (Wildman–Crippen MR) is 103 cm³/mol. The van der Waals surface area contributed by atoms with E-state index >= 15 is 0 Å². The normalized spacial score (nSPS) is 13.2. The molecule has 0 bridgehead atoms. The van der Waals surface area contributed by atoms with Gasteiger partial charge in [0, 0.05) is 11.6 Å². The van der Waals surface area contributed by atoms with Crippen LogP contribution in [0.25, 0.3) is 11.4 Å². The molecule has 3 rings (SSSR count). The Kier molecular flexibility index (Phi) is 5.56. The van der Waals surface area contributed by atoms with Gasteiger partial charge in [0.05, 0.1) is 11.6 Å². The fourth-order valence-electron chi connectivity index (χ4n) is 2.78. The Hall–Kier alpha value is -2.53. The number of benzene rings is 1. The summed E-state index contributed by atoms with van der Waals surface area (Å²) in [7, 11) is 0. The Bertz CT molecular complexity index is 817. The number of aromatic nitrogens is 2. The molecule has 0 aliphatic heterocycles. The van der Waals surface area contributed by atoms with E-state index in [4.69, 9.17) is 0 Å². The molecule has 2 aromatic heterocycles. The highest BCUT2D eigenvalue weighted by molar-refractivity contribution is 7.14. The standard InChI is InChI=1S/C20H21N3OS/c1-3-14(2)18(15-9-5-4-6-10-15)19(24)23-20-22-17(13-25-20)16-11-7-8-12-21-16/h4-14,18H,3H2,1-2H3,(H,22,23,24)/t14-,18-/m1/s1. The van der Waals surface area contributed by atoms with Crippen LogP contribution in [-0.4, -0.2) is 15.9 Å². The Labute approximate surface area is 152 Å². The van der Waals surface area contributed by atoms with Crippen molar-refractivity contribution in [1.82, 2.24) is 9.97 Å². The molecule has 0 fully saturated rings. The van der Waals surface area contributed by atoms with Crippen molar-refractivity contribution in [3.8, 4) is 11.4 Å². The number of amides is 1. The van der Waals surface area contributed by atoms with E-state index in [1.54, 1.807) is 6.20 Å². The molecule has 0 aliphatic carbocycles. The zero-order valence-electron chi connectivity index (χ0n) is 14.3. The Morgan fingerprint density at radius 1 is 1.12 bits per heavy atom. The van der Waals surface area contributed by atoms with Crippen LogP contribution < -0.4 is 5.32 Å². The van der Waals surface area contributed by atoms with E-state index in [2.05, 4.69) is 29.1 Å². The van der Waals surface area contributed by atoms with Gasteiger partial charge < -0.3 is 5.32 Å². The molecule has 0 saturated carbocycles. The van der Waals surface area contributed by atoms with Crippen molar-refractivity contribution in [2.24, 2.45) is 5.92 Å². The number of pyridine rings is 1. The minimum atomic E-state index is -0.187. The van der Waals surface area contributed by atoms with Crippen molar-refractivity contribution >= 4 is 22.4 Å². The molecule has 25 heavy (non-hydrogen) atoms. The number of hydrogen-bond acceptors (Lipinski definition) is 4. The summed E-state index contributed by atoms with van der Waals surface area (Å²) in [5.74, 6) is 0.0495. The van der Waals surface area contributed by atoms with Crippen molar-refractivity contribution in [2.45, 2.75) is 26.2 Å². The maximum absolute atomic E-state index is 12.9. The predicted octanol–water partition coefficient (Wildman–Crippen LogP) is 4.97. The average Bonchev–Trinajstić information content (AvgIpc) is 3.12. The SMILES string of the molecule is CC[C@@H](C)[C@@H](C(=O)Nc1nc(-c2ccccn2)cs1)c1ccccc1. The molecule has 0 saturated heterocycles. The quantitative estimate of drug-likeness (QED) is 0.682. The number of carbonyl (C=O) groups is 1. The number of nitrogens with zero attached hydrogens (tertiary/aromatic N) is 2. The molecule has 5 heteroatoms. The van der Waals surface area contributed by atoms with Gasteiger partial charge in [-0.05, 0) is 23.6 Å². The molecule has 0 radical (unpaired) electrons. The summed E-state index contributed by atoms with van der Waals surface area (Å²) < 4.78 is 0. The summed E-state index contributed by atoms with van der Waals surface area (Å²) in [5.41, 5.74) is 2.62. The largest absolute Gasteiger partial charge is 0.301 e. The van der Waals surface area contributed by atoms with Crippen LogP contribution in [0.2, 0.25) is 0 Å². The smallest absolute Gasteiger partial charge is 0.233 e. The second-order valence-electron chi connectivity index (χ2n) is 6.02. The van der Waals surface area contributed by atoms with Gasteiger partial charge in [0.1, 0.15) is 5.69 Å². The first-order valence-electron chi connectivity index (χ1n) is 8.41. The third-order valence-corrected chi connectivity index (χ3v) is 5.07. The molecule has 1 aromatic carbocycles. The molecule has 0 spiro atoms. The van der Waals surface area contributed by atoms with Gasteiger partial charge in [0.25, 0.3) is 0 Å². The van der Waals surface area contributed by atoms with Crippen LogP contribution in [0.4, 0.5) is 5.13 Å². The van der Waals surface area contributed by atoms with Crippen molar-refractivity contribution < 1.29 is 4.79 Å². The van der Waals surface area contributed by atoms with E-state index in [1.807, 2.05) is 53.9 Å². The van der Waals surface area contributed by atoms with E-state index in [0.29, 0.717) is 5.13 Å². The van der Waals surface area contributed by atoms with Crippen LogP contribution in [0.5, 0.6) is 0 Å². The fraction of sp³-hybridized carbons (Fsp3) is 0.250. The van der Waals surface area contributed by atoms with Crippen LogP contribution in [0, 0.1) is 5.92 Å². The first kappa shape index (κ1) is 17.3. The lowest BCUT2D eigenvalue weighted by atomic mass is 9.85. The Balaban J connectivity index is 1.79. The van der Waals surface area contributed by atoms with Gasteiger partial charge in [-0.2, -0.15) is 0 Å². The van der Waals surface area contributed by atoms with Crippen molar-refractivity contribution in [3.05, 3.63) is 65.7 Å². The van der Waals surface area contributed by atoms with Crippen LogP contribution >= 0.6 is 11.3 Å². The maximum atomic E-state index is 12.9. The molecule has 0 unspecified atom stereocenters. The monoisotopic (exact) mass is 351 g/mol. The van der Waals surface area contributed by atoms with Gasteiger partial charge >= 0.3 is 0 Å². The second kappa shape index (κ2) is 8.03. The van der Waals surface area contributed by atoms with Gasteiger partial charge in [0.2, 0.25) is 5.91 Å². The number of anilines is 1. The summed E-state index contributed by atoms with van der Waals surface area (Å²) in [6, 6.07) is 15.6.